The van der Waals surface area contributed by atoms with Crippen LogP contribution in [0.1, 0.15) is 74.8 Å². The molecule has 8 aromatic heterocycles. The standard InChI is InChI=1S/C23H18ClFN5O6PS2.C21H22N5O6PS2.C21H24N5O6PS2.C20H22N5O6PS2/c1-39(35,36)29-14-3-5-17-18(9-14)37(33,34)28-22(26-17)19-21(31)20(13-6-7-38-11-13)27-30(23(19)32)10-12-2-4-16(25)15(24)8-12;1-35(31,32)25-13-6-7-14-15(11-13)33(29,30)24-20(22-14)17-19(27)18(16-3-2-10-34-16)23-26(21(17)28)9-8-12-4-5-12;1-12(2)10-26-21(28)17(19(27)18(23-26)13-7-8-34-11-13)20-22-15-6-5-14(25-35(4,30)31)9-16(15)33(29,24-20)32-3;1-11(2)9-25-20(27)16(18(26)17(22-25)12-6-7-33-10-12)19-21-14-5-4-13(24-34(3,30)31)8-15(14)32(28,29)23-19/h2-9,11,29,31H,10H2,1H3,(H2,26,28,33,34);2-3,6-7,10-12,25,27H,4-5,8-9H2,1H3,(H2,22,24,29,30);5-9,11-12,25,27H,10H2,1-4H3,(H,22,24,29);4-8,10-11,24,26H,9H2,1-3H3,(H2,21,23,28,29). The second-order valence-electron chi connectivity index (χ2n) is 33.6. The van der Waals surface area contributed by atoms with Gasteiger partial charge in [-0.05, 0) is 160 Å². The number of aromatic nitrogens is 8. The first-order valence-corrected chi connectivity index (χ1v) is 60.2. The summed E-state index contributed by atoms with van der Waals surface area (Å²) in [5.41, 5.74) is -0.179. The van der Waals surface area contributed by atoms with Gasteiger partial charge in [0.2, 0.25) is 40.1 Å². The van der Waals surface area contributed by atoms with Gasteiger partial charge in [0.15, 0.2) is 46.3 Å². The number of aryl methyl sites for hydroxylation is 1. The molecule has 58 heteroatoms. The number of nitrogens with one attached hydrogen (secondary N) is 8. The molecule has 0 spiro atoms. The Bertz CT molecular complexity index is 8420. The zero-order valence-electron chi connectivity index (χ0n) is 76.0. The lowest BCUT2D eigenvalue weighted by Crippen LogP contribution is -2.35. The van der Waals surface area contributed by atoms with E-state index in [1.54, 1.807) is 57.2 Å². The molecule has 0 amide bonds. The summed E-state index contributed by atoms with van der Waals surface area (Å²) < 4.78 is 194. The minimum absolute atomic E-state index is 0.00910. The van der Waals surface area contributed by atoms with Crippen LogP contribution in [0.2, 0.25) is 5.02 Å². The smallest absolute Gasteiger partial charge is 0.348 e. The van der Waals surface area contributed by atoms with Crippen LogP contribution in [0.4, 0.5) is 49.9 Å². The van der Waals surface area contributed by atoms with Crippen LogP contribution >= 0.6 is 87.0 Å². The second-order valence-corrected chi connectivity index (χ2v) is 51.7. The third-order valence-corrected chi connectivity index (χ3v) is 33.1. The highest BCUT2D eigenvalue weighted by atomic mass is 35.5. The molecule has 4 unspecified atom stereocenters. The van der Waals surface area contributed by atoms with E-state index in [0.717, 1.165) is 61.1 Å². The van der Waals surface area contributed by atoms with E-state index in [2.05, 4.69) is 79.6 Å². The minimum Gasteiger partial charge on any atom is -0.505 e. The molecule has 1 aliphatic carbocycles. The molecule has 13 aromatic rings. The molecule has 0 radical (unpaired) electrons. The van der Waals surface area contributed by atoms with Gasteiger partial charge in [0.1, 0.15) is 50.8 Å². The normalized spacial score (nSPS) is 17.9. The van der Waals surface area contributed by atoms with Gasteiger partial charge in [-0.15, -0.1) is 11.3 Å². The minimum atomic E-state index is -4.55. The Hall–Kier alpha value is -12.5. The average molecular weight is 2210 g/mol. The molecule has 18 rings (SSSR count). The number of amidine groups is 4. The van der Waals surface area contributed by atoms with Crippen molar-refractivity contribution in [2.24, 2.45) is 36.8 Å². The SMILES string of the molecule is CC(C)Cn1nc(-c2ccsc2)c(O)c(C2=NP(=O)(O)c3cc(NS(C)(=O)=O)ccc3N2)c1=O.COP1(=O)N=C(c2c(O)c(-c3ccsc3)nn(CC(C)C)c2=O)Nc2ccc(NS(C)(=O)=O)cc21.CS(=O)(=O)Nc1ccc2c(c1)P(=O)(O)N=C(c1c(O)c(-c3cccs3)nn(CCC3CC3)c1=O)N2.CS(=O)(=O)Nc1ccc2c(c1)P(=O)(O)N=C(c1c(O)c(-c3ccsc3)nn(Cc3ccc(F)c(Cl)c3)c1=O)N2. The van der Waals surface area contributed by atoms with Crippen molar-refractivity contribution in [1.29, 1.82) is 0 Å². The lowest BCUT2D eigenvalue weighted by molar-refractivity contribution is 0.404. The molecular weight excluding hydrogens is 2120 g/mol. The van der Waals surface area contributed by atoms with Crippen molar-refractivity contribution in [1.82, 2.24) is 39.1 Å². The van der Waals surface area contributed by atoms with E-state index in [0.29, 0.717) is 45.3 Å². The van der Waals surface area contributed by atoms with Gasteiger partial charge < -0.3 is 60.9 Å². The Kier molecular flexibility index (Phi) is 30.0. The number of benzene rings is 5. The Morgan fingerprint density at radius 3 is 1.12 bits per heavy atom. The maximum absolute atomic E-state index is 13.7. The molecule has 1 fully saturated rings. The van der Waals surface area contributed by atoms with Gasteiger partial charge in [-0.2, -0.15) is 73.5 Å². The van der Waals surface area contributed by atoms with Crippen molar-refractivity contribution >= 4 is 217 Å². The first-order chi connectivity index (χ1) is 67.1. The van der Waals surface area contributed by atoms with Gasteiger partial charge in [0, 0.05) is 82.3 Å². The van der Waals surface area contributed by atoms with Crippen LogP contribution in [0.15, 0.2) is 197 Å². The van der Waals surface area contributed by atoms with E-state index in [-0.39, 0.29) is 160 Å². The van der Waals surface area contributed by atoms with E-state index in [4.69, 9.17) is 16.1 Å². The lowest BCUT2D eigenvalue weighted by Gasteiger charge is -2.25. The highest BCUT2D eigenvalue weighted by molar-refractivity contribution is 7.92. The number of thiophene rings is 4. The summed E-state index contributed by atoms with van der Waals surface area (Å²) in [4.78, 5) is 86.4. The van der Waals surface area contributed by atoms with Crippen molar-refractivity contribution in [3.05, 3.63) is 239 Å². The van der Waals surface area contributed by atoms with E-state index in [1.165, 1.54) is 145 Å². The Labute approximate surface area is 834 Å². The van der Waals surface area contributed by atoms with E-state index < -0.39 is 127 Å². The van der Waals surface area contributed by atoms with Gasteiger partial charge >= 0.3 is 30.1 Å². The summed E-state index contributed by atoms with van der Waals surface area (Å²) in [6.07, 6.45) is 6.82. The van der Waals surface area contributed by atoms with Gasteiger partial charge in [0.05, 0.1) is 85.4 Å². The van der Waals surface area contributed by atoms with Crippen molar-refractivity contribution in [3.63, 3.8) is 0 Å². The van der Waals surface area contributed by atoms with Crippen molar-refractivity contribution < 1.29 is 96.0 Å². The summed E-state index contributed by atoms with van der Waals surface area (Å²) in [7, 11) is -30.6. The molecule has 5 aliphatic rings. The molecule has 4 aliphatic heterocycles. The number of aromatic hydroxyl groups is 4. The number of hydrogen-bond donors (Lipinski definition) is 15. The van der Waals surface area contributed by atoms with Crippen LogP contribution in [0.3, 0.4) is 0 Å². The summed E-state index contributed by atoms with van der Waals surface area (Å²) in [5, 5.41) is 85.0. The lowest BCUT2D eigenvalue weighted by atomic mass is 10.1. The molecule has 15 N–H and O–H groups in total. The zero-order chi connectivity index (χ0) is 103. The van der Waals surface area contributed by atoms with E-state index in [1.807, 2.05) is 38.5 Å². The monoisotopic (exact) mass is 2200 g/mol. The molecule has 4 atom stereocenters. The van der Waals surface area contributed by atoms with Crippen molar-refractivity contribution in [2.45, 2.75) is 73.1 Å². The third kappa shape index (κ3) is 24.1. The Balaban J connectivity index is 0.000000144. The molecule has 12 heterocycles. The first kappa shape index (κ1) is 105. The molecule has 5 aromatic carbocycles. The van der Waals surface area contributed by atoms with Crippen LogP contribution in [-0.4, -0.2) is 163 Å². The van der Waals surface area contributed by atoms with Crippen LogP contribution in [0, 0.1) is 23.6 Å². The van der Waals surface area contributed by atoms with Crippen LogP contribution in [0.25, 0.3) is 44.3 Å². The van der Waals surface area contributed by atoms with Crippen LogP contribution in [-0.2, 0) is 89.1 Å². The molecule has 0 saturated heterocycles. The summed E-state index contributed by atoms with van der Waals surface area (Å²) in [6, 6.07) is 28.8. The summed E-state index contributed by atoms with van der Waals surface area (Å²) >= 11 is 11.3. The van der Waals surface area contributed by atoms with Gasteiger partial charge in [-0.3, -0.25) is 56.3 Å². The Morgan fingerprint density at radius 1 is 0.455 bits per heavy atom. The van der Waals surface area contributed by atoms with Gasteiger partial charge in [-0.1, -0.05) is 64.3 Å². The predicted molar refractivity (Wildman–Crippen MR) is 554 cm³/mol. The van der Waals surface area contributed by atoms with Crippen molar-refractivity contribution in [2.75, 3.05) is 72.3 Å². The van der Waals surface area contributed by atoms with E-state index in [9.17, 15) is 111 Å². The number of anilines is 8. The van der Waals surface area contributed by atoms with Crippen molar-refractivity contribution in [3.8, 4) is 67.3 Å². The van der Waals surface area contributed by atoms with Gasteiger partial charge in [-0.25, -0.2) is 56.8 Å². The molecular formula is C85H86ClFN20O24P4S8. The van der Waals surface area contributed by atoms with Gasteiger partial charge in [0.25, 0.3) is 22.2 Å². The largest absolute Gasteiger partial charge is 0.505 e. The summed E-state index contributed by atoms with van der Waals surface area (Å²) in [5.74, 6) is -2.89. The number of nitrogens with zero attached hydrogens (tertiary/aromatic N) is 12. The fourth-order valence-electron chi connectivity index (χ4n) is 14.8. The molecule has 0 bridgehead atoms. The van der Waals surface area contributed by atoms with Crippen LogP contribution in [0.5, 0.6) is 23.0 Å². The molecule has 1 saturated carbocycles. The number of sulfonamides is 4. The quantitative estimate of drug-likeness (QED) is 0.0224. The topological polar surface area (TPSA) is 641 Å². The predicted octanol–water partition coefficient (Wildman–Crippen LogP) is 11.5. The number of halogens is 2. The first-order valence-electron chi connectivity index (χ1n) is 42.2. The highest BCUT2D eigenvalue weighted by Gasteiger charge is 2.41. The number of hydrogen-bond acceptors (Lipinski definition) is 33. The maximum Gasteiger partial charge on any atom is 0.348 e. The van der Waals surface area contributed by atoms with Crippen LogP contribution < -0.4 is 83.6 Å². The maximum atomic E-state index is 13.7. The van der Waals surface area contributed by atoms with E-state index >= 15 is 0 Å². The Morgan fingerprint density at radius 2 is 0.790 bits per heavy atom. The highest BCUT2D eigenvalue weighted by Crippen LogP contribution is 2.54. The third-order valence-electron chi connectivity index (χ3n) is 21.1. The second kappa shape index (κ2) is 40.9. The summed E-state index contributed by atoms with van der Waals surface area (Å²) in [6.45, 7) is 8.39. The number of rotatable bonds is 26. The average Bonchev–Trinajstić information content (AvgIpc) is 1.28. The molecule has 44 nitrogen and oxygen atoms in total. The zero-order valence-corrected chi connectivity index (χ0v) is 86.9. The number of fused-ring (bicyclic) bond motifs is 4. The molecule has 143 heavy (non-hydrogen) atoms. The molecule has 752 valence electrons. The fourth-order valence-corrected chi connectivity index (χ4v) is 25.2. The fraction of sp³-hybridized carbons (Fsp3) is 0.224.